The summed E-state index contributed by atoms with van der Waals surface area (Å²) in [5, 5.41) is 22.9. The van der Waals surface area contributed by atoms with Crippen LogP contribution >= 0.6 is 11.5 Å². The molecule has 0 spiro atoms. The Bertz CT molecular complexity index is 1300. The molecular formula is C28H28F2N4O2S. The Kier molecular flexibility index (Phi) is 9.05. The van der Waals surface area contributed by atoms with Crippen molar-refractivity contribution in [3.63, 3.8) is 0 Å². The van der Waals surface area contributed by atoms with Gasteiger partial charge in [-0.3, -0.25) is 4.79 Å². The Labute approximate surface area is 218 Å². The zero-order valence-corrected chi connectivity index (χ0v) is 21.1. The van der Waals surface area contributed by atoms with Crippen LogP contribution in [0.15, 0.2) is 72.1 Å². The molecule has 0 unspecified atom stereocenters. The number of nitrogens with one attached hydrogen (secondary N) is 2. The minimum atomic E-state index is -1.01. The monoisotopic (exact) mass is 522 g/mol. The zero-order chi connectivity index (χ0) is 26.2. The van der Waals surface area contributed by atoms with E-state index in [9.17, 15) is 18.7 Å². The van der Waals surface area contributed by atoms with Gasteiger partial charge < -0.3 is 15.7 Å². The molecule has 0 radical (unpaired) electrons. The Morgan fingerprint density at radius 3 is 2.41 bits per heavy atom. The van der Waals surface area contributed by atoms with E-state index in [4.69, 9.17) is 0 Å². The van der Waals surface area contributed by atoms with Crippen LogP contribution in [0.25, 0.3) is 11.3 Å². The molecule has 3 aromatic carbocycles. The molecule has 9 heteroatoms. The molecule has 0 aliphatic carbocycles. The van der Waals surface area contributed by atoms with Crippen molar-refractivity contribution in [2.75, 3.05) is 6.54 Å². The van der Waals surface area contributed by atoms with Crippen LogP contribution in [0.5, 0.6) is 0 Å². The number of carbonyl (C=O) groups excluding carboxylic acids is 1. The summed E-state index contributed by atoms with van der Waals surface area (Å²) >= 11 is 1.24. The lowest BCUT2D eigenvalue weighted by molar-refractivity contribution is 0.0830. The number of aryl methyl sites for hydroxylation is 1. The van der Waals surface area contributed by atoms with Crippen molar-refractivity contribution in [2.45, 2.75) is 38.5 Å². The summed E-state index contributed by atoms with van der Waals surface area (Å²) in [5.41, 5.74) is 4.56. The SMILES string of the molecule is CCc1cccc(CNC[C@@H](O)[C@H](Cc2cc(F)cc(F)c2)NC(=O)c2ccc(-c3csnn3)cc2)c1. The third-order valence-corrected chi connectivity index (χ3v) is 6.55. The van der Waals surface area contributed by atoms with E-state index in [1.165, 1.54) is 29.2 Å². The van der Waals surface area contributed by atoms with Gasteiger partial charge >= 0.3 is 0 Å². The molecule has 0 fully saturated rings. The van der Waals surface area contributed by atoms with Crippen molar-refractivity contribution in [2.24, 2.45) is 0 Å². The molecule has 192 valence electrons. The fraction of sp³-hybridized carbons (Fsp3) is 0.250. The molecule has 2 atom stereocenters. The van der Waals surface area contributed by atoms with Crippen molar-refractivity contribution in [3.8, 4) is 11.3 Å². The zero-order valence-electron chi connectivity index (χ0n) is 20.3. The molecule has 3 N–H and O–H groups in total. The third-order valence-electron chi connectivity index (χ3n) is 6.04. The first kappa shape index (κ1) is 26.5. The fourth-order valence-corrected chi connectivity index (χ4v) is 4.53. The van der Waals surface area contributed by atoms with Gasteiger partial charge in [0.05, 0.1) is 12.1 Å². The second kappa shape index (κ2) is 12.6. The maximum atomic E-state index is 13.8. The highest BCUT2D eigenvalue weighted by Gasteiger charge is 2.23. The lowest BCUT2D eigenvalue weighted by Gasteiger charge is -2.25. The predicted octanol–water partition coefficient (Wildman–Crippen LogP) is 4.54. The number of benzene rings is 3. The van der Waals surface area contributed by atoms with E-state index in [1.807, 2.05) is 17.5 Å². The Morgan fingerprint density at radius 1 is 1.00 bits per heavy atom. The number of aliphatic hydroxyl groups is 1. The molecule has 4 rings (SSSR count). The molecule has 37 heavy (non-hydrogen) atoms. The second-order valence-corrected chi connectivity index (χ2v) is 9.41. The molecule has 1 amide bonds. The van der Waals surface area contributed by atoms with Crippen LogP contribution in [0.2, 0.25) is 0 Å². The van der Waals surface area contributed by atoms with Crippen molar-refractivity contribution in [1.29, 1.82) is 0 Å². The van der Waals surface area contributed by atoms with Crippen LogP contribution < -0.4 is 10.6 Å². The average Bonchev–Trinajstić information content (AvgIpc) is 3.43. The maximum Gasteiger partial charge on any atom is 0.251 e. The summed E-state index contributed by atoms with van der Waals surface area (Å²) in [7, 11) is 0. The largest absolute Gasteiger partial charge is 0.390 e. The average molecular weight is 523 g/mol. The second-order valence-electron chi connectivity index (χ2n) is 8.80. The van der Waals surface area contributed by atoms with Gasteiger partial charge in [-0.2, -0.15) is 0 Å². The van der Waals surface area contributed by atoms with E-state index in [-0.39, 0.29) is 13.0 Å². The van der Waals surface area contributed by atoms with Crippen LogP contribution in [0.4, 0.5) is 8.78 Å². The number of halogens is 2. The first-order valence-corrected chi connectivity index (χ1v) is 12.8. The molecule has 0 saturated carbocycles. The molecule has 0 aliphatic heterocycles. The Hall–Kier alpha value is -3.53. The Morgan fingerprint density at radius 2 is 1.73 bits per heavy atom. The van der Waals surface area contributed by atoms with Gasteiger partial charge in [-0.15, -0.1) is 5.10 Å². The van der Waals surface area contributed by atoms with Crippen LogP contribution in [0.3, 0.4) is 0 Å². The summed E-state index contributed by atoms with van der Waals surface area (Å²) in [4.78, 5) is 13.0. The summed E-state index contributed by atoms with van der Waals surface area (Å²) < 4.78 is 31.4. The normalized spacial score (nSPS) is 12.8. The predicted molar refractivity (Wildman–Crippen MR) is 140 cm³/mol. The van der Waals surface area contributed by atoms with Gasteiger partial charge in [0.2, 0.25) is 0 Å². The van der Waals surface area contributed by atoms with Crippen molar-refractivity contribution in [3.05, 3.63) is 106 Å². The van der Waals surface area contributed by atoms with Crippen molar-refractivity contribution < 1.29 is 18.7 Å². The first-order chi connectivity index (χ1) is 17.9. The van der Waals surface area contributed by atoms with E-state index in [2.05, 4.69) is 39.3 Å². The standard InChI is InChI=1S/C28H28F2N4O2S/c1-2-18-4-3-5-19(10-18)15-31-16-27(35)25(13-20-11-23(29)14-24(30)12-20)32-28(36)22-8-6-21(7-9-22)26-17-37-34-33-26/h3-12,14,17,25,27,31,35H,2,13,15-16H2,1H3,(H,32,36)/t25-,27+/m0/s1. The van der Waals surface area contributed by atoms with Gasteiger partial charge in [-0.25, -0.2) is 8.78 Å². The number of aliphatic hydroxyl groups excluding tert-OH is 1. The number of rotatable bonds is 11. The number of carbonyl (C=O) groups is 1. The third kappa shape index (κ3) is 7.48. The smallest absolute Gasteiger partial charge is 0.251 e. The number of amides is 1. The van der Waals surface area contributed by atoms with Gasteiger partial charge in [-0.1, -0.05) is 47.8 Å². The summed E-state index contributed by atoms with van der Waals surface area (Å²) in [5.74, 6) is -1.83. The molecule has 1 heterocycles. The Balaban J connectivity index is 1.45. The number of hydrogen-bond acceptors (Lipinski definition) is 6. The van der Waals surface area contributed by atoms with E-state index >= 15 is 0 Å². The van der Waals surface area contributed by atoms with Crippen molar-refractivity contribution >= 4 is 17.4 Å². The number of nitrogens with zero attached hydrogens (tertiary/aromatic N) is 2. The maximum absolute atomic E-state index is 13.8. The minimum Gasteiger partial charge on any atom is -0.390 e. The van der Waals surface area contributed by atoms with Gasteiger partial charge in [0.1, 0.15) is 17.3 Å². The molecule has 6 nitrogen and oxygen atoms in total. The quantitative estimate of drug-likeness (QED) is 0.269. The summed E-state index contributed by atoms with van der Waals surface area (Å²) in [6.45, 7) is 2.80. The number of hydrogen-bond donors (Lipinski definition) is 3. The van der Waals surface area contributed by atoms with E-state index in [1.54, 1.807) is 24.3 Å². The molecule has 1 aromatic heterocycles. The van der Waals surface area contributed by atoms with E-state index in [0.717, 1.165) is 23.6 Å². The van der Waals surface area contributed by atoms with Gasteiger partial charge in [-0.05, 0) is 65.3 Å². The number of aromatic nitrogens is 2. The molecular weight excluding hydrogens is 494 g/mol. The topological polar surface area (TPSA) is 87.1 Å². The van der Waals surface area contributed by atoms with Gasteiger partial charge in [0, 0.05) is 35.7 Å². The molecule has 0 bridgehead atoms. The lowest BCUT2D eigenvalue weighted by Crippen LogP contribution is -2.48. The van der Waals surface area contributed by atoms with Crippen LogP contribution in [-0.4, -0.2) is 39.3 Å². The van der Waals surface area contributed by atoms with E-state index in [0.29, 0.717) is 23.4 Å². The highest BCUT2D eigenvalue weighted by molar-refractivity contribution is 7.03. The van der Waals surface area contributed by atoms with Crippen LogP contribution in [-0.2, 0) is 19.4 Å². The van der Waals surface area contributed by atoms with Crippen LogP contribution in [0, 0.1) is 11.6 Å². The molecule has 0 saturated heterocycles. The fourth-order valence-electron chi connectivity index (χ4n) is 4.07. The first-order valence-electron chi connectivity index (χ1n) is 12.0. The molecule has 0 aliphatic rings. The van der Waals surface area contributed by atoms with Gasteiger partial charge in [0.15, 0.2) is 0 Å². The lowest BCUT2D eigenvalue weighted by atomic mass is 9.99. The van der Waals surface area contributed by atoms with Crippen LogP contribution in [0.1, 0.15) is 34.0 Å². The highest BCUT2D eigenvalue weighted by Crippen LogP contribution is 2.19. The highest BCUT2D eigenvalue weighted by atomic mass is 32.1. The van der Waals surface area contributed by atoms with Crippen molar-refractivity contribution in [1.82, 2.24) is 20.2 Å². The minimum absolute atomic E-state index is 0.0527. The summed E-state index contributed by atoms with van der Waals surface area (Å²) in [6.07, 6.45) is -0.0295. The summed E-state index contributed by atoms with van der Waals surface area (Å²) in [6, 6.07) is 17.4. The molecule has 4 aromatic rings. The van der Waals surface area contributed by atoms with E-state index < -0.39 is 29.7 Å². The van der Waals surface area contributed by atoms with Gasteiger partial charge in [0.25, 0.3) is 5.91 Å².